The zero-order chi connectivity index (χ0) is 8.55. The van der Waals surface area contributed by atoms with Gasteiger partial charge in [0.2, 0.25) is 0 Å². The number of hydrogen-bond donors (Lipinski definition) is 1. The first-order valence-corrected chi connectivity index (χ1v) is 4.31. The third kappa shape index (κ3) is 2.46. The molecule has 0 aromatic heterocycles. The van der Waals surface area contributed by atoms with Crippen molar-refractivity contribution in [1.29, 1.82) is 0 Å². The lowest BCUT2D eigenvalue weighted by Crippen LogP contribution is -2.08. The van der Waals surface area contributed by atoms with Crippen LogP contribution in [0.1, 0.15) is 5.56 Å². The topological polar surface area (TPSA) is 15.3 Å². The van der Waals surface area contributed by atoms with Gasteiger partial charge >= 0.3 is 0 Å². The Morgan fingerprint density at radius 3 is 2.57 bits per heavy atom. The molecule has 0 fully saturated rings. The molecule has 0 spiro atoms. The largest absolute Gasteiger partial charge is 0.384 e. The van der Waals surface area contributed by atoms with Crippen LogP contribution in [0.3, 0.4) is 0 Å². The van der Waals surface area contributed by atoms with Crippen LogP contribution in [0.25, 0.3) is 0 Å². The predicted octanol–water partition coefficient (Wildman–Crippen LogP) is 2.56. The van der Waals surface area contributed by atoms with Gasteiger partial charge in [-0.3, -0.25) is 0 Å². The van der Waals surface area contributed by atoms with Crippen LogP contribution in [0.4, 0.5) is 11.4 Å². The van der Waals surface area contributed by atoms with E-state index in [1.54, 1.807) is 0 Å². The molecular formula is C10H16Cl2N2. The quantitative estimate of drug-likeness (QED) is 0.804. The molecule has 0 bridgehead atoms. The standard InChI is InChI=1S/C10H14N2.2ClH/c1-12(2)9-4-3-8-5-6-11-10(8)7-9;;/h3-4,7,11H,5-6H2,1-2H3;2*1H. The van der Waals surface area contributed by atoms with E-state index in [4.69, 9.17) is 0 Å². The molecule has 1 aliphatic heterocycles. The van der Waals surface area contributed by atoms with Crippen LogP contribution < -0.4 is 10.2 Å². The normalized spacial score (nSPS) is 11.9. The lowest BCUT2D eigenvalue weighted by Gasteiger charge is -2.13. The van der Waals surface area contributed by atoms with Crippen molar-refractivity contribution in [2.75, 3.05) is 30.9 Å². The zero-order valence-electron chi connectivity index (χ0n) is 8.41. The van der Waals surface area contributed by atoms with Crippen molar-refractivity contribution in [1.82, 2.24) is 0 Å². The summed E-state index contributed by atoms with van der Waals surface area (Å²) in [6.45, 7) is 1.09. The van der Waals surface area contributed by atoms with Crippen LogP contribution >= 0.6 is 24.8 Å². The van der Waals surface area contributed by atoms with E-state index >= 15 is 0 Å². The fourth-order valence-electron chi connectivity index (χ4n) is 1.56. The second kappa shape index (κ2) is 5.32. The summed E-state index contributed by atoms with van der Waals surface area (Å²) in [5, 5.41) is 3.37. The number of halogens is 2. The molecule has 0 amide bonds. The van der Waals surface area contributed by atoms with Gasteiger partial charge in [-0.1, -0.05) is 6.07 Å². The van der Waals surface area contributed by atoms with Gasteiger partial charge in [0, 0.05) is 32.0 Å². The van der Waals surface area contributed by atoms with Gasteiger partial charge < -0.3 is 10.2 Å². The molecule has 2 nitrogen and oxygen atoms in total. The van der Waals surface area contributed by atoms with Gasteiger partial charge in [0.25, 0.3) is 0 Å². The third-order valence-corrected chi connectivity index (χ3v) is 2.32. The minimum atomic E-state index is 0. The Hall–Kier alpha value is -0.600. The van der Waals surface area contributed by atoms with E-state index in [1.807, 2.05) is 0 Å². The van der Waals surface area contributed by atoms with Gasteiger partial charge in [0.1, 0.15) is 0 Å². The van der Waals surface area contributed by atoms with E-state index in [2.05, 4.69) is 42.5 Å². The second-order valence-electron chi connectivity index (χ2n) is 3.41. The first kappa shape index (κ1) is 13.4. The minimum absolute atomic E-state index is 0. The average molecular weight is 235 g/mol. The molecule has 4 heteroatoms. The van der Waals surface area contributed by atoms with Gasteiger partial charge in [-0.15, -0.1) is 24.8 Å². The monoisotopic (exact) mass is 234 g/mol. The van der Waals surface area contributed by atoms with Crippen LogP contribution in [0, 0.1) is 0 Å². The summed E-state index contributed by atoms with van der Waals surface area (Å²) in [4.78, 5) is 2.13. The van der Waals surface area contributed by atoms with Crippen molar-refractivity contribution < 1.29 is 0 Å². The van der Waals surface area contributed by atoms with Crippen molar-refractivity contribution in [3.63, 3.8) is 0 Å². The number of benzene rings is 1. The van der Waals surface area contributed by atoms with Crippen LogP contribution in [0.15, 0.2) is 18.2 Å². The molecule has 1 aromatic rings. The van der Waals surface area contributed by atoms with Crippen molar-refractivity contribution in [2.24, 2.45) is 0 Å². The fourth-order valence-corrected chi connectivity index (χ4v) is 1.56. The first-order chi connectivity index (χ1) is 5.77. The summed E-state index contributed by atoms with van der Waals surface area (Å²) in [6, 6.07) is 6.60. The zero-order valence-corrected chi connectivity index (χ0v) is 10.0. The molecule has 14 heavy (non-hydrogen) atoms. The maximum atomic E-state index is 3.37. The Bertz CT molecular complexity index is 300. The van der Waals surface area contributed by atoms with Crippen LogP contribution in [-0.4, -0.2) is 20.6 Å². The maximum Gasteiger partial charge on any atom is 0.0394 e. The number of rotatable bonds is 1. The van der Waals surface area contributed by atoms with Crippen molar-refractivity contribution in [2.45, 2.75) is 6.42 Å². The molecule has 1 aromatic carbocycles. The molecule has 0 unspecified atom stereocenters. The number of nitrogens with one attached hydrogen (secondary N) is 1. The van der Waals surface area contributed by atoms with Crippen LogP contribution in [0.2, 0.25) is 0 Å². The first-order valence-electron chi connectivity index (χ1n) is 4.31. The summed E-state index contributed by atoms with van der Waals surface area (Å²) < 4.78 is 0. The smallest absolute Gasteiger partial charge is 0.0394 e. The third-order valence-electron chi connectivity index (χ3n) is 2.32. The molecule has 0 aliphatic carbocycles. The van der Waals surface area contributed by atoms with Crippen molar-refractivity contribution in [3.05, 3.63) is 23.8 Å². The number of hydrogen-bond acceptors (Lipinski definition) is 2. The van der Waals surface area contributed by atoms with Crippen LogP contribution in [-0.2, 0) is 6.42 Å². The number of nitrogens with zero attached hydrogens (tertiary/aromatic N) is 1. The highest BCUT2D eigenvalue weighted by molar-refractivity contribution is 5.85. The lowest BCUT2D eigenvalue weighted by atomic mass is 10.1. The molecular weight excluding hydrogens is 219 g/mol. The molecule has 0 radical (unpaired) electrons. The van der Waals surface area contributed by atoms with E-state index in [-0.39, 0.29) is 24.8 Å². The minimum Gasteiger partial charge on any atom is -0.384 e. The van der Waals surface area contributed by atoms with Crippen LogP contribution in [0.5, 0.6) is 0 Å². The van der Waals surface area contributed by atoms with Gasteiger partial charge in [0.15, 0.2) is 0 Å². The lowest BCUT2D eigenvalue weighted by molar-refractivity contribution is 1.10. The Kier molecular flexibility index (Phi) is 5.09. The van der Waals surface area contributed by atoms with Crippen molar-refractivity contribution >= 4 is 36.2 Å². The molecule has 1 aliphatic rings. The summed E-state index contributed by atoms with van der Waals surface area (Å²) in [6.07, 6.45) is 1.17. The molecule has 0 saturated carbocycles. The molecule has 1 heterocycles. The summed E-state index contributed by atoms with van der Waals surface area (Å²) >= 11 is 0. The van der Waals surface area contributed by atoms with Gasteiger partial charge in [0.05, 0.1) is 0 Å². The Labute approximate surface area is 97.5 Å². The summed E-state index contributed by atoms with van der Waals surface area (Å²) in [5.41, 5.74) is 4.02. The highest BCUT2D eigenvalue weighted by Gasteiger charge is 2.09. The highest BCUT2D eigenvalue weighted by atomic mass is 35.5. The van der Waals surface area contributed by atoms with Gasteiger partial charge in [-0.05, 0) is 24.1 Å². The molecule has 1 N–H and O–H groups in total. The van der Waals surface area contributed by atoms with E-state index in [0.29, 0.717) is 0 Å². The fraction of sp³-hybridized carbons (Fsp3) is 0.400. The van der Waals surface area contributed by atoms with Gasteiger partial charge in [-0.25, -0.2) is 0 Å². The second-order valence-corrected chi connectivity index (χ2v) is 3.41. The van der Waals surface area contributed by atoms with E-state index in [9.17, 15) is 0 Å². The Morgan fingerprint density at radius 1 is 1.21 bits per heavy atom. The van der Waals surface area contributed by atoms with E-state index in [1.165, 1.54) is 23.4 Å². The van der Waals surface area contributed by atoms with Gasteiger partial charge in [-0.2, -0.15) is 0 Å². The Balaban J connectivity index is 0.000000845. The number of anilines is 2. The maximum absolute atomic E-state index is 3.37. The Morgan fingerprint density at radius 2 is 1.93 bits per heavy atom. The van der Waals surface area contributed by atoms with E-state index in [0.717, 1.165) is 6.54 Å². The summed E-state index contributed by atoms with van der Waals surface area (Å²) in [7, 11) is 4.13. The predicted molar refractivity (Wildman–Crippen MR) is 67.5 cm³/mol. The van der Waals surface area contributed by atoms with E-state index < -0.39 is 0 Å². The molecule has 2 rings (SSSR count). The number of fused-ring (bicyclic) bond motifs is 1. The molecule has 80 valence electrons. The SMILES string of the molecule is CN(C)c1ccc2c(c1)NCC2.Cl.Cl. The molecule has 0 atom stereocenters. The molecule has 0 saturated heterocycles. The average Bonchev–Trinajstić information content (AvgIpc) is 2.49. The van der Waals surface area contributed by atoms with Crippen molar-refractivity contribution in [3.8, 4) is 0 Å². The summed E-state index contributed by atoms with van der Waals surface area (Å²) in [5.74, 6) is 0. The highest BCUT2D eigenvalue weighted by Crippen LogP contribution is 2.26.